The number of aromatic amines is 1. The maximum atomic E-state index is 13.3. The largest absolute Gasteiger partial charge is 0.455 e. The van der Waals surface area contributed by atoms with E-state index in [1.54, 1.807) is 24.3 Å². The fourth-order valence-corrected chi connectivity index (χ4v) is 6.10. The molecular weight excluding hydrogens is 386 g/mol. The van der Waals surface area contributed by atoms with E-state index in [0.29, 0.717) is 36.7 Å². The minimum atomic E-state index is -0.742. The van der Waals surface area contributed by atoms with E-state index >= 15 is 0 Å². The summed E-state index contributed by atoms with van der Waals surface area (Å²) >= 11 is 0. The minimum absolute atomic E-state index is 0.0294. The molecule has 1 heterocycles. The summed E-state index contributed by atoms with van der Waals surface area (Å²) in [5.74, 6) is -1.02. The van der Waals surface area contributed by atoms with Gasteiger partial charge in [-0.25, -0.2) is 9.78 Å². The van der Waals surface area contributed by atoms with Crippen molar-refractivity contribution < 1.29 is 23.9 Å². The first-order valence-electron chi connectivity index (χ1n) is 10.2. The minimum Gasteiger partial charge on any atom is -0.455 e. The van der Waals surface area contributed by atoms with E-state index in [4.69, 9.17) is 15.2 Å². The molecule has 3 N–H and O–H groups in total. The Morgan fingerprint density at radius 3 is 2.43 bits per heavy atom. The zero-order chi connectivity index (χ0) is 20.9. The highest BCUT2D eigenvalue weighted by molar-refractivity contribution is 5.94. The Balaban J connectivity index is 1.40. The van der Waals surface area contributed by atoms with Crippen LogP contribution in [0.25, 0.3) is 0 Å². The third-order valence-electron chi connectivity index (χ3n) is 6.80. The number of primary amides is 1. The van der Waals surface area contributed by atoms with E-state index in [2.05, 4.69) is 9.97 Å². The first-order chi connectivity index (χ1) is 14.4. The number of nitrogens with zero attached hydrogens (tertiary/aromatic N) is 1. The number of nitrogens with two attached hydrogens (primary N) is 1. The number of hydrogen-bond acceptors (Lipinski definition) is 6. The van der Waals surface area contributed by atoms with Crippen LogP contribution in [-0.2, 0) is 9.53 Å². The number of benzene rings is 1. The number of H-pyrrole nitrogens is 1. The van der Waals surface area contributed by atoms with Crippen LogP contribution in [-0.4, -0.2) is 33.4 Å². The molecular formula is C22H23N3O5. The fraction of sp³-hybridized carbons (Fsp3) is 0.455. The van der Waals surface area contributed by atoms with Crippen molar-refractivity contribution in [3.8, 4) is 5.88 Å². The summed E-state index contributed by atoms with van der Waals surface area (Å²) in [6.45, 7) is 0. The molecule has 0 radical (unpaired) electrons. The van der Waals surface area contributed by atoms with Crippen molar-refractivity contribution in [1.82, 2.24) is 9.97 Å². The summed E-state index contributed by atoms with van der Waals surface area (Å²) in [6, 6.07) is 8.91. The van der Waals surface area contributed by atoms with Crippen LogP contribution in [0.4, 0.5) is 0 Å². The molecule has 2 aromatic rings. The number of carbonyl (C=O) groups is 3. The predicted molar refractivity (Wildman–Crippen MR) is 104 cm³/mol. The van der Waals surface area contributed by atoms with E-state index in [-0.39, 0.29) is 17.5 Å². The Labute approximate surface area is 173 Å². The van der Waals surface area contributed by atoms with Crippen LogP contribution >= 0.6 is 0 Å². The Kier molecular flexibility index (Phi) is 4.20. The number of imidazole rings is 1. The summed E-state index contributed by atoms with van der Waals surface area (Å²) in [5.41, 5.74) is 4.39. The number of rotatable bonds is 5. The zero-order valence-electron chi connectivity index (χ0n) is 16.4. The molecule has 8 nitrogen and oxygen atoms in total. The zero-order valence-corrected chi connectivity index (χ0v) is 16.4. The molecule has 2 unspecified atom stereocenters. The van der Waals surface area contributed by atoms with Gasteiger partial charge in [0.1, 0.15) is 5.60 Å². The van der Waals surface area contributed by atoms with Gasteiger partial charge in [0.15, 0.2) is 5.69 Å². The Hall–Kier alpha value is -3.16. The molecule has 0 spiro atoms. The highest BCUT2D eigenvalue weighted by Gasteiger charge is 2.63. The van der Waals surface area contributed by atoms with Gasteiger partial charge >= 0.3 is 11.9 Å². The smallest absolute Gasteiger partial charge is 0.338 e. The fourth-order valence-electron chi connectivity index (χ4n) is 6.10. The molecule has 156 valence electrons. The molecule has 2 atom stereocenters. The molecule has 0 aliphatic heterocycles. The highest BCUT2D eigenvalue weighted by Crippen LogP contribution is 2.63. The molecule has 4 saturated carbocycles. The van der Waals surface area contributed by atoms with Crippen molar-refractivity contribution in [2.24, 2.45) is 23.0 Å². The summed E-state index contributed by atoms with van der Waals surface area (Å²) in [6.07, 6.45) is 5.67. The van der Waals surface area contributed by atoms with Gasteiger partial charge in [-0.3, -0.25) is 9.59 Å². The second-order valence-corrected chi connectivity index (χ2v) is 9.02. The average molecular weight is 409 g/mol. The lowest BCUT2D eigenvalue weighted by atomic mass is 9.48. The lowest BCUT2D eigenvalue weighted by Gasteiger charge is -2.59. The Bertz CT molecular complexity index is 1000. The van der Waals surface area contributed by atoms with Gasteiger partial charge in [-0.2, -0.15) is 0 Å². The van der Waals surface area contributed by atoms with E-state index in [0.717, 1.165) is 19.3 Å². The van der Waals surface area contributed by atoms with Gasteiger partial charge < -0.3 is 20.2 Å². The van der Waals surface area contributed by atoms with E-state index in [1.165, 1.54) is 6.33 Å². The number of aromatic nitrogens is 2. The number of carbonyl (C=O) groups excluding carboxylic acids is 3. The van der Waals surface area contributed by atoms with Gasteiger partial charge in [0.2, 0.25) is 0 Å². The lowest BCUT2D eigenvalue weighted by molar-refractivity contribution is -0.190. The van der Waals surface area contributed by atoms with Gasteiger partial charge in [-0.1, -0.05) is 18.2 Å². The average Bonchev–Trinajstić information content (AvgIpc) is 3.16. The van der Waals surface area contributed by atoms with Crippen molar-refractivity contribution in [2.75, 3.05) is 0 Å². The molecule has 4 aliphatic carbocycles. The summed E-state index contributed by atoms with van der Waals surface area (Å²) < 4.78 is 11.6. The van der Waals surface area contributed by atoms with Crippen LogP contribution in [0.15, 0.2) is 36.7 Å². The van der Waals surface area contributed by atoms with Gasteiger partial charge in [-0.15, -0.1) is 0 Å². The van der Waals surface area contributed by atoms with Gasteiger partial charge in [0, 0.05) is 6.42 Å². The van der Waals surface area contributed by atoms with Crippen molar-refractivity contribution in [1.29, 1.82) is 0 Å². The van der Waals surface area contributed by atoms with Crippen molar-refractivity contribution >= 4 is 17.8 Å². The summed E-state index contributed by atoms with van der Waals surface area (Å²) in [7, 11) is 0. The van der Waals surface area contributed by atoms with Crippen molar-refractivity contribution in [3.05, 3.63) is 47.9 Å². The van der Waals surface area contributed by atoms with Gasteiger partial charge in [0.05, 0.1) is 17.3 Å². The lowest BCUT2D eigenvalue weighted by Crippen LogP contribution is -2.60. The first-order valence-corrected chi connectivity index (χ1v) is 10.2. The van der Waals surface area contributed by atoms with Crippen LogP contribution < -0.4 is 10.5 Å². The van der Waals surface area contributed by atoms with E-state index < -0.39 is 22.9 Å². The standard InChI is InChI=1S/C22H23N3O5/c23-17(26)16-18(25-12-24-16)29-20(28)21-7-13-6-14(8-21)10-22(9-13,11-21)30-19(27)15-4-2-1-3-5-15/h1-5,12-14H,6-11H2,(H2,23,26)(H,24,25). The SMILES string of the molecule is NC(=O)c1[nH]cnc1OC(=O)C12CC3CC(CC(OC(=O)c4ccccc4)(C3)C1)C2. The number of ether oxygens (including phenoxy) is 2. The normalized spacial score (nSPS) is 31.3. The Morgan fingerprint density at radius 2 is 1.77 bits per heavy atom. The predicted octanol–water partition coefficient (Wildman–Crippen LogP) is 2.61. The third-order valence-corrected chi connectivity index (χ3v) is 6.80. The molecule has 4 fully saturated rings. The second-order valence-electron chi connectivity index (χ2n) is 9.02. The number of amides is 1. The van der Waals surface area contributed by atoms with Crippen LogP contribution in [0.1, 0.15) is 59.4 Å². The van der Waals surface area contributed by atoms with Gasteiger partial charge in [0.25, 0.3) is 11.8 Å². The van der Waals surface area contributed by atoms with Crippen LogP contribution in [0.5, 0.6) is 5.88 Å². The quantitative estimate of drug-likeness (QED) is 0.732. The maximum absolute atomic E-state index is 13.3. The molecule has 4 aliphatic rings. The van der Waals surface area contributed by atoms with Crippen LogP contribution in [0, 0.1) is 17.3 Å². The maximum Gasteiger partial charge on any atom is 0.338 e. The molecule has 1 aromatic carbocycles. The number of hydrogen-bond donors (Lipinski definition) is 2. The molecule has 6 rings (SSSR count). The summed E-state index contributed by atoms with van der Waals surface area (Å²) in [4.78, 5) is 44.1. The molecule has 1 amide bonds. The van der Waals surface area contributed by atoms with E-state index in [9.17, 15) is 14.4 Å². The van der Waals surface area contributed by atoms with Crippen molar-refractivity contribution in [2.45, 2.75) is 44.1 Å². The second kappa shape index (κ2) is 6.68. The molecule has 8 heteroatoms. The number of nitrogens with one attached hydrogen (secondary N) is 1. The Morgan fingerprint density at radius 1 is 1.07 bits per heavy atom. The topological polar surface area (TPSA) is 124 Å². The molecule has 4 bridgehead atoms. The molecule has 1 aromatic heterocycles. The third kappa shape index (κ3) is 3.07. The van der Waals surface area contributed by atoms with Crippen molar-refractivity contribution in [3.63, 3.8) is 0 Å². The molecule has 30 heavy (non-hydrogen) atoms. The van der Waals surface area contributed by atoms with Crippen LogP contribution in [0.2, 0.25) is 0 Å². The molecule has 0 saturated heterocycles. The summed E-state index contributed by atoms with van der Waals surface area (Å²) in [5, 5.41) is 0. The first kappa shape index (κ1) is 18.8. The van der Waals surface area contributed by atoms with Gasteiger partial charge in [-0.05, 0) is 56.1 Å². The number of esters is 2. The highest BCUT2D eigenvalue weighted by atomic mass is 16.6. The van der Waals surface area contributed by atoms with Crippen LogP contribution in [0.3, 0.4) is 0 Å². The monoisotopic (exact) mass is 409 g/mol. The van der Waals surface area contributed by atoms with E-state index in [1.807, 2.05) is 6.07 Å².